The molecule has 1 aliphatic rings. The van der Waals surface area contributed by atoms with Gasteiger partial charge in [0.05, 0.1) is 17.4 Å². The Kier molecular flexibility index (Phi) is 6.83. The van der Waals surface area contributed by atoms with E-state index in [9.17, 15) is 4.79 Å². The zero-order valence-corrected chi connectivity index (χ0v) is 20.1. The van der Waals surface area contributed by atoms with Gasteiger partial charge in [0.25, 0.3) is 5.91 Å². The van der Waals surface area contributed by atoms with Gasteiger partial charge in [0.1, 0.15) is 0 Å². The zero-order valence-electron chi connectivity index (χ0n) is 18.6. The second-order valence-electron chi connectivity index (χ2n) is 8.76. The monoisotopic (exact) mass is 497 g/mol. The Hall–Kier alpha value is -2.90. The normalized spacial score (nSPS) is 14.2. The molecule has 0 saturated heterocycles. The van der Waals surface area contributed by atoms with E-state index in [0.29, 0.717) is 40.4 Å². The lowest BCUT2D eigenvalue weighted by molar-refractivity contribution is 0.0952. The number of amides is 1. The summed E-state index contributed by atoms with van der Waals surface area (Å²) in [6, 6.07) is 10.7. The van der Waals surface area contributed by atoms with Crippen LogP contribution >= 0.6 is 23.2 Å². The summed E-state index contributed by atoms with van der Waals surface area (Å²) >= 11 is 12.0. The van der Waals surface area contributed by atoms with Crippen LogP contribution < -0.4 is 5.32 Å². The molecule has 1 amide bonds. The van der Waals surface area contributed by atoms with Gasteiger partial charge in [-0.25, -0.2) is 4.98 Å². The summed E-state index contributed by atoms with van der Waals surface area (Å²) in [5.74, 6) is 1.86. The highest BCUT2D eigenvalue weighted by atomic mass is 35.5. The molecule has 5 rings (SSSR count). The number of imidazole rings is 1. The van der Waals surface area contributed by atoms with E-state index in [1.165, 1.54) is 25.7 Å². The highest BCUT2D eigenvalue weighted by Gasteiger charge is 2.17. The van der Waals surface area contributed by atoms with Crippen molar-refractivity contribution in [3.8, 4) is 11.4 Å². The first-order valence-electron chi connectivity index (χ1n) is 11.6. The zero-order chi connectivity index (χ0) is 23.5. The molecule has 7 nitrogen and oxygen atoms in total. The van der Waals surface area contributed by atoms with Gasteiger partial charge in [0, 0.05) is 40.7 Å². The standard InChI is InChI=1S/C25H25Cl2N5O2/c26-19-11-18(12-20(27)14-19)25(33)28-9-10-32-15-29-21-13-17(6-7-22(21)32)24-30-23(34-31-24)8-5-16-3-1-2-4-16/h6-7,11-16H,1-5,8-10H2,(H,28,33). The van der Waals surface area contributed by atoms with Crippen LogP contribution in [0.5, 0.6) is 0 Å². The Morgan fingerprint density at radius 1 is 1.12 bits per heavy atom. The predicted molar refractivity (Wildman–Crippen MR) is 132 cm³/mol. The van der Waals surface area contributed by atoms with E-state index < -0.39 is 0 Å². The van der Waals surface area contributed by atoms with E-state index >= 15 is 0 Å². The number of fused-ring (bicyclic) bond motifs is 1. The van der Waals surface area contributed by atoms with Crippen molar-refractivity contribution >= 4 is 40.1 Å². The lowest BCUT2D eigenvalue weighted by Crippen LogP contribution is -2.27. The van der Waals surface area contributed by atoms with Gasteiger partial charge >= 0.3 is 0 Å². The van der Waals surface area contributed by atoms with E-state index in [-0.39, 0.29) is 5.91 Å². The van der Waals surface area contributed by atoms with Crippen molar-refractivity contribution in [1.29, 1.82) is 0 Å². The molecular formula is C25H25Cl2N5O2. The predicted octanol–water partition coefficient (Wildman–Crippen LogP) is 5.95. The Morgan fingerprint density at radius 3 is 2.71 bits per heavy atom. The second kappa shape index (κ2) is 10.2. The molecule has 1 saturated carbocycles. The van der Waals surface area contributed by atoms with Crippen molar-refractivity contribution in [1.82, 2.24) is 25.0 Å². The molecule has 0 spiro atoms. The second-order valence-corrected chi connectivity index (χ2v) is 9.63. The van der Waals surface area contributed by atoms with E-state index in [1.807, 2.05) is 22.8 Å². The number of nitrogens with one attached hydrogen (secondary N) is 1. The van der Waals surface area contributed by atoms with Gasteiger partial charge in [-0.05, 0) is 48.7 Å². The maximum Gasteiger partial charge on any atom is 0.251 e. The molecule has 1 fully saturated rings. The smallest absolute Gasteiger partial charge is 0.251 e. The maximum atomic E-state index is 12.4. The number of halogens is 2. The lowest BCUT2D eigenvalue weighted by Gasteiger charge is -2.08. The average molecular weight is 498 g/mol. The number of nitrogens with zero attached hydrogens (tertiary/aromatic N) is 4. The highest BCUT2D eigenvalue weighted by molar-refractivity contribution is 6.35. The van der Waals surface area contributed by atoms with Crippen LogP contribution in [-0.4, -0.2) is 32.1 Å². The Labute approximate surface area is 207 Å². The van der Waals surface area contributed by atoms with Crippen LogP contribution in [0.3, 0.4) is 0 Å². The number of aryl methyl sites for hydroxylation is 1. The van der Waals surface area contributed by atoms with Gasteiger partial charge in [0.2, 0.25) is 11.7 Å². The first-order chi connectivity index (χ1) is 16.5. The Bertz CT molecular complexity index is 1290. The minimum atomic E-state index is -0.225. The first-order valence-corrected chi connectivity index (χ1v) is 12.3. The summed E-state index contributed by atoms with van der Waals surface area (Å²) in [6.45, 7) is 1.01. The summed E-state index contributed by atoms with van der Waals surface area (Å²) in [5.41, 5.74) is 3.11. The van der Waals surface area contributed by atoms with Gasteiger partial charge in [0.15, 0.2) is 0 Å². The van der Waals surface area contributed by atoms with Crippen molar-refractivity contribution in [2.75, 3.05) is 6.54 Å². The van der Waals surface area contributed by atoms with Gasteiger partial charge < -0.3 is 14.4 Å². The lowest BCUT2D eigenvalue weighted by atomic mass is 10.0. The number of carbonyl (C=O) groups is 1. The third-order valence-corrected chi connectivity index (χ3v) is 6.79. The van der Waals surface area contributed by atoms with Crippen molar-refractivity contribution in [3.63, 3.8) is 0 Å². The highest BCUT2D eigenvalue weighted by Crippen LogP contribution is 2.29. The summed E-state index contributed by atoms with van der Waals surface area (Å²) < 4.78 is 7.47. The number of aromatic nitrogens is 4. The van der Waals surface area contributed by atoms with Gasteiger partial charge in [-0.15, -0.1) is 0 Å². The SMILES string of the molecule is O=C(NCCn1cnc2cc(-c3noc(CCC4CCCC4)n3)ccc21)c1cc(Cl)cc(Cl)c1. The van der Waals surface area contributed by atoms with E-state index in [1.54, 1.807) is 24.5 Å². The molecule has 0 atom stereocenters. The molecular weight excluding hydrogens is 473 g/mol. The number of carbonyl (C=O) groups excluding carboxylic acids is 1. The fourth-order valence-corrected chi connectivity index (χ4v) is 5.08. The molecule has 0 aliphatic heterocycles. The van der Waals surface area contributed by atoms with Crippen LogP contribution in [0.1, 0.15) is 48.4 Å². The summed E-state index contributed by atoms with van der Waals surface area (Å²) in [4.78, 5) is 21.5. The minimum absolute atomic E-state index is 0.225. The van der Waals surface area contributed by atoms with Crippen LogP contribution in [0.25, 0.3) is 22.4 Å². The van der Waals surface area contributed by atoms with Gasteiger partial charge in [-0.1, -0.05) is 54.0 Å². The molecule has 1 N–H and O–H groups in total. The quantitative estimate of drug-likeness (QED) is 0.325. The Morgan fingerprint density at radius 2 is 1.91 bits per heavy atom. The molecule has 176 valence electrons. The fourth-order valence-electron chi connectivity index (χ4n) is 4.56. The maximum absolute atomic E-state index is 12.4. The van der Waals surface area contributed by atoms with Crippen LogP contribution in [0.15, 0.2) is 47.2 Å². The number of benzene rings is 2. The van der Waals surface area contributed by atoms with Crippen molar-refractivity contribution in [3.05, 3.63) is 64.2 Å². The van der Waals surface area contributed by atoms with E-state index in [4.69, 9.17) is 27.7 Å². The number of hydrogen-bond acceptors (Lipinski definition) is 5. The van der Waals surface area contributed by atoms with Crippen molar-refractivity contribution in [2.45, 2.75) is 45.1 Å². The number of rotatable bonds is 8. The molecule has 0 bridgehead atoms. The first kappa shape index (κ1) is 22.9. The van der Waals surface area contributed by atoms with Crippen LogP contribution in [0.2, 0.25) is 10.0 Å². The molecule has 34 heavy (non-hydrogen) atoms. The van der Waals surface area contributed by atoms with E-state index in [0.717, 1.165) is 35.4 Å². The summed E-state index contributed by atoms with van der Waals surface area (Å²) in [7, 11) is 0. The van der Waals surface area contributed by atoms with Crippen LogP contribution in [0.4, 0.5) is 0 Å². The van der Waals surface area contributed by atoms with Crippen LogP contribution in [-0.2, 0) is 13.0 Å². The molecule has 4 aromatic rings. The fraction of sp³-hybridized carbons (Fsp3) is 0.360. The number of hydrogen-bond donors (Lipinski definition) is 1. The summed E-state index contributed by atoms with van der Waals surface area (Å²) in [5, 5.41) is 7.91. The molecule has 2 heterocycles. The molecule has 2 aromatic carbocycles. The average Bonchev–Trinajstić information content (AvgIpc) is 3.58. The summed E-state index contributed by atoms with van der Waals surface area (Å²) in [6.07, 6.45) is 9.04. The van der Waals surface area contributed by atoms with Gasteiger partial charge in [-0.2, -0.15) is 4.98 Å². The minimum Gasteiger partial charge on any atom is -0.350 e. The topological polar surface area (TPSA) is 85.8 Å². The molecule has 2 aromatic heterocycles. The molecule has 0 unspecified atom stereocenters. The molecule has 9 heteroatoms. The Balaban J connectivity index is 1.20. The molecule has 1 aliphatic carbocycles. The largest absolute Gasteiger partial charge is 0.350 e. The van der Waals surface area contributed by atoms with Gasteiger partial charge in [-0.3, -0.25) is 4.79 Å². The van der Waals surface area contributed by atoms with Crippen molar-refractivity contribution < 1.29 is 9.32 Å². The molecule has 0 radical (unpaired) electrons. The van der Waals surface area contributed by atoms with Crippen molar-refractivity contribution in [2.24, 2.45) is 5.92 Å². The van der Waals surface area contributed by atoms with E-state index in [2.05, 4.69) is 20.4 Å². The van der Waals surface area contributed by atoms with Crippen LogP contribution in [0, 0.1) is 5.92 Å². The third kappa shape index (κ3) is 5.26. The third-order valence-electron chi connectivity index (χ3n) is 6.35.